The molecule has 2 aromatic heterocycles. The third-order valence-electron chi connectivity index (χ3n) is 7.22. The second kappa shape index (κ2) is 21.0. The van der Waals surface area contributed by atoms with E-state index in [0.29, 0.717) is 69.2 Å². The van der Waals surface area contributed by atoms with Crippen LogP contribution in [0.2, 0.25) is 0 Å². The normalized spacial score (nSPS) is 11.3. The quantitative estimate of drug-likeness (QED) is 0.0349. The predicted molar refractivity (Wildman–Crippen MR) is 205 cm³/mol. The molecule has 4 aromatic rings. The zero-order valence-electron chi connectivity index (χ0n) is 30.1. The van der Waals surface area contributed by atoms with E-state index in [1.165, 1.54) is 0 Å². The van der Waals surface area contributed by atoms with E-state index in [9.17, 15) is 0 Å². The highest BCUT2D eigenvalue weighted by molar-refractivity contribution is 5.81. The molecule has 2 aromatic carbocycles. The van der Waals surface area contributed by atoms with E-state index >= 15 is 0 Å². The maximum Gasteiger partial charge on any atom is 0.320 e. The molecule has 4 rings (SSSR count). The molecule has 0 bridgehead atoms. The number of aromatic nitrogens is 4. The van der Waals surface area contributed by atoms with E-state index in [2.05, 4.69) is 42.5 Å². The minimum Gasteiger partial charge on any atom is -0.462 e. The van der Waals surface area contributed by atoms with Crippen LogP contribution in [0.25, 0.3) is 0 Å². The van der Waals surface area contributed by atoms with Crippen LogP contribution in [0.1, 0.15) is 36.1 Å². The molecule has 0 aliphatic carbocycles. The molecule has 0 saturated heterocycles. The van der Waals surface area contributed by atoms with Gasteiger partial charge in [0.15, 0.2) is 11.6 Å². The van der Waals surface area contributed by atoms with Gasteiger partial charge in [-0.2, -0.15) is 30.1 Å². The molecule has 0 aliphatic rings. The van der Waals surface area contributed by atoms with Gasteiger partial charge in [0.1, 0.15) is 31.5 Å². The maximum absolute atomic E-state index is 9.11. The smallest absolute Gasteiger partial charge is 0.320 e. The lowest BCUT2D eigenvalue weighted by molar-refractivity contribution is 0.267. The predicted octanol–water partition coefficient (Wildman–Crippen LogP) is 3.64. The molecular weight excluding hydrogens is 648 g/mol. The number of anilines is 4. The van der Waals surface area contributed by atoms with Gasteiger partial charge in [-0.1, -0.05) is 59.7 Å². The van der Waals surface area contributed by atoms with Gasteiger partial charge in [0.2, 0.25) is 0 Å². The first-order chi connectivity index (χ1) is 24.9. The maximum atomic E-state index is 9.11. The average Bonchev–Trinajstić information content (AvgIpc) is 3.12. The highest BCUT2D eigenvalue weighted by atomic mass is 16.5. The zero-order valence-corrected chi connectivity index (χ0v) is 30.1. The van der Waals surface area contributed by atoms with Crippen LogP contribution in [-0.4, -0.2) is 104 Å². The lowest BCUT2D eigenvalue weighted by Crippen LogP contribution is -2.36. The molecule has 272 valence electrons. The largest absolute Gasteiger partial charge is 0.462 e. The number of aliphatic hydroxyl groups is 1. The Balaban J connectivity index is 1.69. The van der Waals surface area contributed by atoms with E-state index in [0.717, 1.165) is 22.3 Å². The van der Waals surface area contributed by atoms with Crippen LogP contribution in [0.5, 0.6) is 12.0 Å². The molecule has 0 atom stereocenters. The summed E-state index contributed by atoms with van der Waals surface area (Å²) in [5.41, 5.74) is 7.21. The molecule has 0 spiro atoms. The summed E-state index contributed by atoms with van der Waals surface area (Å²) in [7, 11) is 1.86. The SMILES string of the molecule is CCNc1cc(N(CN(CC)c2cc(N/N=C/c3cccc(C)c3)nc(OCCNCCO)n2)/N=C/c2cccc(C)c2)nc(OCCNC)n1. The summed E-state index contributed by atoms with van der Waals surface area (Å²) in [5.74, 6) is 2.18. The first-order valence-electron chi connectivity index (χ1n) is 17.1. The summed E-state index contributed by atoms with van der Waals surface area (Å²) >= 11 is 0. The minimum atomic E-state index is 0.0409. The van der Waals surface area contributed by atoms with Crippen molar-refractivity contribution in [2.75, 3.05) is 86.9 Å². The van der Waals surface area contributed by atoms with Gasteiger partial charge in [-0.05, 0) is 45.9 Å². The van der Waals surface area contributed by atoms with Crippen molar-refractivity contribution in [1.82, 2.24) is 30.6 Å². The van der Waals surface area contributed by atoms with Crippen LogP contribution < -0.4 is 40.8 Å². The molecule has 5 N–H and O–H groups in total. The van der Waals surface area contributed by atoms with Crippen molar-refractivity contribution in [2.45, 2.75) is 27.7 Å². The van der Waals surface area contributed by atoms with Gasteiger partial charge in [0.25, 0.3) is 0 Å². The highest BCUT2D eigenvalue weighted by Gasteiger charge is 2.19. The first kappa shape index (κ1) is 38.4. The Kier molecular flexibility index (Phi) is 15.8. The van der Waals surface area contributed by atoms with Crippen molar-refractivity contribution >= 4 is 35.7 Å². The van der Waals surface area contributed by atoms with E-state index in [4.69, 9.17) is 29.6 Å². The fourth-order valence-electron chi connectivity index (χ4n) is 4.72. The second-order valence-electron chi connectivity index (χ2n) is 11.4. The Hall–Kier alpha value is -5.38. The van der Waals surface area contributed by atoms with Crippen LogP contribution in [0, 0.1) is 13.8 Å². The van der Waals surface area contributed by atoms with Crippen LogP contribution >= 0.6 is 0 Å². The summed E-state index contributed by atoms with van der Waals surface area (Å²) in [5, 5.41) is 29.7. The van der Waals surface area contributed by atoms with Crippen molar-refractivity contribution in [2.24, 2.45) is 10.2 Å². The summed E-state index contributed by atoms with van der Waals surface area (Å²) in [6.45, 7) is 12.0. The van der Waals surface area contributed by atoms with Crippen LogP contribution in [-0.2, 0) is 0 Å². The van der Waals surface area contributed by atoms with E-state index in [-0.39, 0.29) is 25.3 Å². The molecule has 0 fully saturated rings. The van der Waals surface area contributed by atoms with Gasteiger partial charge < -0.3 is 35.4 Å². The number of nitrogens with one attached hydrogen (secondary N) is 4. The number of likely N-dealkylation sites (N-methyl/N-ethyl adjacent to an activating group) is 1. The average molecular weight is 699 g/mol. The third-order valence-corrected chi connectivity index (χ3v) is 7.22. The van der Waals surface area contributed by atoms with Gasteiger partial charge in [-0.25, -0.2) is 5.01 Å². The molecule has 0 aliphatic heterocycles. The Bertz CT molecular complexity index is 1700. The van der Waals surface area contributed by atoms with Crippen LogP contribution in [0.4, 0.5) is 23.3 Å². The molecule has 0 amide bonds. The first-order valence-corrected chi connectivity index (χ1v) is 17.1. The number of hydrazone groups is 2. The van der Waals surface area contributed by atoms with Crippen molar-refractivity contribution in [3.63, 3.8) is 0 Å². The summed E-state index contributed by atoms with van der Waals surface area (Å²) in [6, 6.07) is 20.2. The fourth-order valence-corrected chi connectivity index (χ4v) is 4.72. The summed E-state index contributed by atoms with van der Waals surface area (Å²) in [4.78, 5) is 20.6. The molecule has 15 nitrogen and oxygen atoms in total. The molecule has 51 heavy (non-hydrogen) atoms. The van der Waals surface area contributed by atoms with Gasteiger partial charge in [0, 0.05) is 44.9 Å². The topological polar surface area (TPSA) is 170 Å². The molecular formula is C36H50N12O3. The van der Waals surface area contributed by atoms with Gasteiger partial charge in [-0.15, -0.1) is 0 Å². The van der Waals surface area contributed by atoms with E-state index < -0.39 is 0 Å². The number of rotatable bonds is 22. The van der Waals surface area contributed by atoms with E-state index in [1.54, 1.807) is 17.4 Å². The highest BCUT2D eigenvalue weighted by Crippen LogP contribution is 2.24. The Morgan fingerprint density at radius 1 is 0.784 bits per heavy atom. The van der Waals surface area contributed by atoms with Crippen molar-refractivity contribution < 1.29 is 14.6 Å². The van der Waals surface area contributed by atoms with Crippen molar-refractivity contribution in [1.29, 1.82) is 0 Å². The Labute approximate surface area is 300 Å². The number of aryl methyl sites for hydroxylation is 2. The molecule has 0 radical (unpaired) electrons. The molecule has 15 heteroatoms. The van der Waals surface area contributed by atoms with Gasteiger partial charge in [0.05, 0.1) is 19.0 Å². The molecule has 2 heterocycles. The number of aliphatic hydroxyl groups excluding tert-OH is 1. The monoisotopic (exact) mass is 698 g/mol. The standard InChI is InChI=1S/C36H50N12O3/c1-6-39-31-22-34(45-35(42-31)50-18-15-37-5)48(41-25-30-13-9-11-28(4)21-30)26-47(7-2)33-23-32(43-36(44-33)51-19-16-38-14-17-49)46-40-24-29-12-8-10-27(3)20-29/h8-13,20-25,37-38,49H,6-7,14-19,26H2,1-5H3,(H,39,42,45)(H,43,44,46)/b40-24+,41-25+. The lowest BCUT2D eigenvalue weighted by atomic mass is 10.2. The number of nitrogens with zero attached hydrogens (tertiary/aromatic N) is 8. The zero-order chi connectivity index (χ0) is 36.3. The van der Waals surface area contributed by atoms with Crippen molar-refractivity contribution in [3.8, 4) is 12.0 Å². The lowest BCUT2D eigenvalue weighted by Gasteiger charge is -2.28. The van der Waals surface area contributed by atoms with Crippen molar-refractivity contribution in [3.05, 3.63) is 82.9 Å². The Morgan fingerprint density at radius 3 is 2.08 bits per heavy atom. The van der Waals surface area contributed by atoms with Gasteiger partial charge >= 0.3 is 12.0 Å². The fraction of sp³-hybridized carbons (Fsp3) is 0.389. The van der Waals surface area contributed by atoms with Crippen LogP contribution in [0.15, 0.2) is 70.9 Å². The minimum absolute atomic E-state index is 0.0409. The third kappa shape index (κ3) is 13.1. The second-order valence-corrected chi connectivity index (χ2v) is 11.4. The van der Waals surface area contributed by atoms with Crippen LogP contribution in [0.3, 0.4) is 0 Å². The number of hydrogen-bond donors (Lipinski definition) is 5. The molecule has 0 unspecified atom stereocenters. The summed E-state index contributed by atoms with van der Waals surface area (Å²) < 4.78 is 11.8. The Morgan fingerprint density at radius 2 is 1.43 bits per heavy atom. The number of ether oxygens (including phenoxy) is 2. The number of benzene rings is 2. The van der Waals surface area contributed by atoms with E-state index in [1.807, 2.05) is 94.2 Å². The van der Waals surface area contributed by atoms with Gasteiger partial charge in [-0.3, -0.25) is 5.43 Å². The number of hydrogen-bond acceptors (Lipinski definition) is 15. The summed E-state index contributed by atoms with van der Waals surface area (Å²) in [6.07, 6.45) is 3.54. The molecule has 0 saturated carbocycles.